The second-order valence-corrected chi connectivity index (χ2v) is 14.8. The largest absolute Gasteiger partial charge is 0.481 e. The minimum atomic E-state index is -1.09. The maximum Gasteiger partial charge on any atom is 0.343 e. The number of primary amides is 1. The third-order valence-corrected chi connectivity index (χ3v) is 11.1. The first kappa shape index (κ1) is 40.7. The minimum Gasteiger partial charge on any atom is -0.481 e. The first-order valence-corrected chi connectivity index (χ1v) is 19.4. The number of esters is 2. The van der Waals surface area contributed by atoms with Crippen LogP contribution in [0, 0.1) is 25.5 Å². The third kappa shape index (κ3) is 8.27. The smallest absolute Gasteiger partial charge is 0.343 e. The van der Waals surface area contributed by atoms with Crippen LogP contribution in [0.4, 0.5) is 8.78 Å². The third-order valence-electron chi connectivity index (χ3n) is 11.1. The zero-order valence-electron chi connectivity index (χ0n) is 33.4. The minimum absolute atomic E-state index is 0.113. The molecule has 2 heterocycles. The lowest BCUT2D eigenvalue weighted by Crippen LogP contribution is -2.24. The van der Waals surface area contributed by atoms with Gasteiger partial charge in [0.25, 0.3) is 11.7 Å². The van der Waals surface area contributed by atoms with Gasteiger partial charge in [-0.1, -0.05) is 24.3 Å². The number of ketones is 1. The average molecular weight is 806 g/mol. The Morgan fingerprint density at radius 3 is 1.75 bits per heavy atom. The maximum atomic E-state index is 13.8. The lowest BCUT2D eigenvalue weighted by molar-refractivity contribution is -0.143. The van der Waals surface area contributed by atoms with Crippen LogP contribution in [0.25, 0.3) is 21.8 Å². The van der Waals surface area contributed by atoms with Crippen molar-refractivity contribution in [1.29, 1.82) is 0 Å². The summed E-state index contributed by atoms with van der Waals surface area (Å²) in [5.74, 6) is -2.47. The van der Waals surface area contributed by atoms with E-state index in [-0.39, 0.29) is 30.4 Å². The van der Waals surface area contributed by atoms with Crippen molar-refractivity contribution in [3.8, 4) is 11.5 Å². The molecule has 59 heavy (non-hydrogen) atoms. The summed E-state index contributed by atoms with van der Waals surface area (Å²) in [7, 11) is 2.61. The average Bonchev–Trinajstić information content (AvgIpc) is 4.01. The quantitative estimate of drug-likeness (QED) is 0.0791. The Kier molecular flexibility index (Phi) is 11.8. The van der Waals surface area contributed by atoms with Crippen molar-refractivity contribution in [3.05, 3.63) is 129 Å². The molecule has 4 aromatic carbocycles. The molecule has 2 aliphatic rings. The Morgan fingerprint density at radius 1 is 0.678 bits per heavy atom. The number of fused-ring (bicyclic) bond motifs is 6. The topological polar surface area (TPSA) is 141 Å². The summed E-state index contributed by atoms with van der Waals surface area (Å²) in [6.45, 7) is 4.20. The molecule has 306 valence electrons. The molecule has 11 nitrogen and oxygen atoms in total. The van der Waals surface area contributed by atoms with Crippen LogP contribution in [0.5, 0.6) is 11.5 Å². The SMILES string of the molecule is COC(=O)COc1cc2c(c3c1c(C(=O)C(N)=O)c(C)n3Cc1cccc(F)c1)CCC2.COC(=O)COc1cc2c(c3c1cc(C)n3Cc1cccc(F)c1)CCC2. The summed E-state index contributed by atoms with van der Waals surface area (Å²) >= 11 is 0. The summed E-state index contributed by atoms with van der Waals surface area (Å²) in [5.41, 5.74) is 15.3. The molecule has 2 N–H and O–H groups in total. The number of aryl methyl sites for hydroxylation is 5. The molecule has 0 fully saturated rings. The molecule has 2 aromatic heterocycles. The number of ether oxygens (including phenoxy) is 4. The molecule has 0 atom stereocenters. The van der Waals surface area contributed by atoms with Crippen LogP contribution in [0.2, 0.25) is 0 Å². The van der Waals surface area contributed by atoms with Crippen LogP contribution in [-0.4, -0.2) is 60.2 Å². The van der Waals surface area contributed by atoms with E-state index in [2.05, 4.69) is 21.4 Å². The second-order valence-electron chi connectivity index (χ2n) is 14.8. The molecular formula is C46H45F2N3O8. The summed E-state index contributed by atoms with van der Waals surface area (Å²) < 4.78 is 52.5. The van der Waals surface area contributed by atoms with Gasteiger partial charge in [-0.3, -0.25) is 9.59 Å². The van der Waals surface area contributed by atoms with Gasteiger partial charge < -0.3 is 33.8 Å². The zero-order valence-corrected chi connectivity index (χ0v) is 33.4. The van der Waals surface area contributed by atoms with Gasteiger partial charge in [0.05, 0.1) is 36.2 Å². The molecule has 2 aliphatic carbocycles. The normalized spacial score (nSPS) is 12.8. The number of carbonyl (C=O) groups excluding carboxylic acids is 4. The molecule has 0 aliphatic heterocycles. The Bertz CT molecular complexity index is 2640. The monoisotopic (exact) mass is 805 g/mol. The Hall–Kier alpha value is -6.50. The van der Waals surface area contributed by atoms with Gasteiger partial charge in [0.2, 0.25) is 0 Å². The highest BCUT2D eigenvalue weighted by atomic mass is 19.1. The van der Waals surface area contributed by atoms with Crippen LogP contribution >= 0.6 is 0 Å². The summed E-state index contributed by atoms with van der Waals surface area (Å²) in [4.78, 5) is 47.9. The van der Waals surface area contributed by atoms with E-state index < -0.39 is 23.6 Å². The highest BCUT2D eigenvalue weighted by Gasteiger charge is 2.31. The van der Waals surface area contributed by atoms with Crippen LogP contribution in [0.3, 0.4) is 0 Å². The molecule has 0 saturated heterocycles. The Labute approximate surface area is 339 Å². The predicted octanol–water partition coefficient (Wildman–Crippen LogP) is 7.02. The molecule has 0 saturated carbocycles. The molecule has 8 rings (SSSR count). The van der Waals surface area contributed by atoms with Crippen molar-refractivity contribution in [2.75, 3.05) is 27.4 Å². The van der Waals surface area contributed by atoms with E-state index in [9.17, 15) is 28.0 Å². The van der Waals surface area contributed by atoms with Gasteiger partial charge in [-0.25, -0.2) is 18.4 Å². The van der Waals surface area contributed by atoms with Crippen molar-refractivity contribution in [3.63, 3.8) is 0 Å². The van der Waals surface area contributed by atoms with Gasteiger partial charge in [-0.15, -0.1) is 0 Å². The standard InChI is InChI=1S/C24H23FN2O5.C22H22FNO3/c1-13-20(23(29)24(26)30)21-18(32-12-19(28)31-2)10-15-6-4-8-17(15)22(21)27(13)11-14-5-3-7-16(25)9-14;1-14-9-19-20(27-13-21(25)26-2)11-16-6-4-8-18(16)22(19)24(14)12-15-5-3-7-17(23)10-15/h3,5,7,9-10H,4,6,8,11-12H2,1-2H3,(H2,26,30);3,5,7,9-11H,4,6,8,12-13H2,1-2H3. The van der Waals surface area contributed by atoms with E-state index in [4.69, 9.17) is 19.9 Å². The number of rotatable bonds is 12. The number of aromatic nitrogens is 2. The number of methoxy groups -OCH3 is 2. The highest BCUT2D eigenvalue weighted by Crippen LogP contribution is 2.42. The lowest BCUT2D eigenvalue weighted by Gasteiger charge is -2.14. The van der Waals surface area contributed by atoms with Crippen LogP contribution < -0.4 is 15.2 Å². The molecular weight excluding hydrogens is 761 g/mol. The fourth-order valence-electron chi connectivity index (χ4n) is 8.40. The molecule has 0 bridgehead atoms. The number of halogens is 2. The van der Waals surface area contributed by atoms with Crippen molar-refractivity contribution < 1.29 is 46.9 Å². The molecule has 1 amide bonds. The van der Waals surface area contributed by atoms with Crippen molar-refractivity contribution in [1.82, 2.24) is 9.13 Å². The van der Waals surface area contributed by atoms with E-state index >= 15 is 0 Å². The molecule has 13 heteroatoms. The molecule has 6 aromatic rings. The van der Waals surface area contributed by atoms with Crippen LogP contribution in [0.15, 0.2) is 66.7 Å². The van der Waals surface area contributed by atoms with Crippen molar-refractivity contribution in [2.24, 2.45) is 5.73 Å². The van der Waals surface area contributed by atoms with Gasteiger partial charge in [0, 0.05) is 29.9 Å². The molecule has 0 unspecified atom stereocenters. The number of hydrogen-bond acceptors (Lipinski definition) is 8. The number of hydrogen-bond donors (Lipinski definition) is 1. The zero-order chi connectivity index (χ0) is 42.0. The predicted molar refractivity (Wildman–Crippen MR) is 217 cm³/mol. The lowest BCUT2D eigenvalue weighted by atomic mass is 10.0. The number of amides is 1. The van der Waals surface area contributed by atoms with Gasteiger partial charge in [-0.05, 0) is 128 Å². The van der Waals surface area contributed by atoms with Crippen molar-refractivity contribution in [2.45, 2.75) is 65.5 Å². The fraction of sp³-hybridized carbons (Fsp3) is 0.304. The first-order valence-electron chi connectivity index (χ1n) is 19.4. The number of carbonyl (C=O) groups is 4. The molecule has 0 spiro atoms. The highest BCUT2D eigenvalue weighted by molar-refractivity contribution is 6.45. The van der Waals surface area contributed by atoms with Crippen LogP contribution in [-0.2, 0) is 62.6 Å². The number of Topliss-reactive ketones (excluding diaryl/α,β-unsaturated/α-hetero) is 1. The Balaban J connectivity index is 0.000000181. The van der Waals surface area contributed by atoms with E-state index in [1.165, 1.54) is 43.5 Å². The van der Waals surface area contributed by atoms with Gasteiger partial charge in [0.15, 0.2) is 13.2 Å². The Morgan fingerprint density at radius 2 is 1.20 bits per heavy atom. The van der Waals surface area contributed by atoms with E-state index in [1.54, 1.807) is 31.2 Å². The second kappa shape index (κ2) is 17.2. The van der Waals surface area contributed by atoms with Gasteiger partial charge in [-0.2, -0.15) is 0 Å². The van der Waals surface area contributed by atoms with Gasteiger partial charge >= 0.3 is 11.9 Å². The van der Waals surface area contributed by atoms with Crippen LogP contribution in [0.1, 0.15) is 68.0 Å². The number of nitrogens with two attached hydrogens (primary N) is 1. The summed E-state index contributed by atoms with van der Waals surface area (Å²) in [6.07, 6.45) is 5.67. The summed E-state index contributed by atoms with van der Waals surface area (Å²) in [6, 6.07) is 18.9. The molecule has 0 radical (unpaired) electrons. The maximum absolute atomic E-state index is 13.8. The van der Waals surface area contributed by atoms with Crippen molar-refractivity contribution >= 4 is 45.4 Å². The van der Waals surface area contributed by atoms with Gasteiger partial charge in [0.1, 0.15) is 23.1 Å². The number of benzene rings is 4. The summed E-state index contributed by atoms with van der Waals surface area (Å²) in [5, 5.41) is 1.43. The fourth-order valence-corrected chi connectivity index (χ4v) is 8.40. The first-order chi connectivity index (χ1) is 28.4. The number of nitrogens with zero attached hydrogens (tertiary/aromatic N) is 2. The van der Waals surface area contributed by atoms with E-state index in [1.807, 2.05) is 23.6 Å². The van der Waals surface area contributed by atoms with E-state index in [0.717, 1.165) is 77.3 Å². The van der Waals surface area contributed by atoms with E-state index in [0.29, 0.717) is 41.2 Å².